The van der Waals surface area contributed by atoms with Crippen LogP contribution in [0.15, 0.2) is 6.33 Å². The summed E-state index contributed by atoms with van der Waals surface area (Å²) in [4.78, 5) is 4.46. The summed E-state index contributed by atoms with van der Waals surface area (Å²) in [5.74, 6) is 1.17. The molecule has 1 saturated heterocycles. The van der Waals surface area contributed by atoms with Gasteiger partial charge in [0.25, 0.3) is 0 Å². The molecule has 1 aromatic rings. The first-order valence-electron chi connectivity index (χ1n) is 5.91. The molecule has 4 heteroatoms. The zero-order chi connectivity index (χ0) is 11.8. The first kappa shape index (κ1) is 11.5. The van der Waals surface area contributed by atoms with Crippen molar-refractivity contribution in [1.29, 1.82) is 0 Å². The highest BCUT2D eigenvalue weighted by molar-refractivity contribution is 5.39. The van der Waals surface area contributed by atoms with Gasteiger partial charge >= 0.3 is 0 Å². The molecule has 2 rings (SSSR count). The van der Waals surface area contributed by atoms with E-state index in [0.717, 1.165) is 37.6 Å². The number of hydrogen-bond acceptors (Lipinski definition) is 3. The third-order valence-corrected chi connectivity index (χ3v) is 3.10. The molecule has 1 fully saturated rings. The second-order valence-electron chi connectivity index (χ2n) is 5.47. The second-order valence-corrected chi connectivity index (χ2v) is 5.47. The largest absolute Gasteiger partial charge is 0.384 e. The van der Waals surface area contributed by atoms with Crippen molar-refractivity contribution in [2.45, 2.75) is 45.1 Å². The van der Waals surface area contributed by atoms with Crippen molar-refractivity contribution >= 4 is 5.82 Å². The van der Waals surface area contributed by atoms with Crippen LogP contribution in [0, 0.1) is 0 Å². The Hall–Kier alpha value is -1.03. The van der Waals surface area contributed by atoms with Crippen molar-refractivity contribution in [2.24, 2.45) is 0 Å². The standard InChI is InChI=1S/C12H21N3O/c1-12(2,3)15-8-14-10(11(15)13)9-5-4-6-16-7-9/h8-9H,4-7,13H2,1-3H3. The number of nitrogens with zero attached hydrogens (tertiary/aromatic N) is 2. The minimum absolute atomic E-state index is 0.00907. The number of nitrogens with two attached hydrogens (primary N) is 1. The molecule has 2 N–H and O–H groups in total. The van der Waals surface area contributed by atoms with Gasteiger partial charge < -0.3 is 15.0 Å². The van der Waals surface area contributed by atoms with Crippen LogP contribution >= 0.6 is 0 Å². The van der Waals surface area contributed by atoms with Crippen LogP contribution in [0.4, 0.5) is 5.82 Å². The van der Waals surface area contributed by atoms with Crippen LogP contribution in [0.25, 0.3) is 0 Å². The van der Waals surface area contributed by atoms with Gasteiger partial charge in [0, 0.05) is 18.1 Å². The molecule has 1 aliphatic rings. The molecule has 90 valence electrons. The van der Waals surface area contributed by atoms with Crippen molar-refractivity contribution in [3.05, 3.63) is 12.0 Å². The molecule has 1 aromatic heterocycles. The predicted octanol–water partition coefficient (Wildman–Crippen LogP) is 2.11. The quantitative estimate of drug-likeness (QED) is 0.793. The molecular formula is C12H21N3O. The first-order valence-corrected chi connectivity index (χ1v) is 5.91. The lowest BCUT2D eigenvalue weighted by Crippen LogP contribution is -2.23. The SMILES string of the molecule is CC(C)(C)n1cnc(C2CCCOC2)c1N. The zero-order valence-corrected chi connectivity index (χ0v) is 10.4. The minimum atomic E-state index is -0.00907. The van der Waals surface area contributed by atoms with E-state index in [0.29, 0.717) is 5.92 Å². The number of anilines is 1. The van der Waals surface area contributed by atoms with Crippen molar-refractivity contribution in [2.75, 3.05) is 18.9 Å². The molecule has 0 amide bonds. The highest BCUT2D eigenvalue weighted by atomic mass is 16.5. The van der Waals surface area contributed by atoms with E-state index in [1.165, 1.54) is 0 Å². The molecule has 0 radical (unpaired) electrons. The fourth-order valence-corrected chi connectivity index (χ4v) is 2.18. The van der Waals surface area contributed by atoms with Gasteiger partial charge in [0.15, 0.2) is 0 Å². The Kier molecular flexibility index (Phi) is 2.93. The second kappa shape index (κ2) is 4.09. The van der Waals surface area contributed by atoms with Gasteiger partial charge in [0.1, 0.15) is 5.82 Å². The van der Waals surface area contributed by atoms with E-state index >= 15 is 0 Å². The maximum atomic E-state index is 6.17. The van der Waals surface area contributed by atoms with Crippen molar-refractivity contribution in [1.82, 2.24) is 9.55 Å². The Bertz CT molecular complexity index is 359. The topological polar surface area (TPSA) is 53.1 Å². The van der Waals surface area contributed by atoms with Crippen LogP contribution in [0.1, 0.15) is 45.2 Å². The van der Waals surface area contributed by atoms with Crippen molar-refractivity contribution in [3.63, 3.8) is 0 Å². The third-order valence-electron chi connectivity index (χ3n) is 3.10. The molecule has 0 aromatic carbocycles. The summed E-state index contributed by atoms with van der Waals surface area (Å²) in [7, 11) is 0. The van der Waals surface area contributed by atoms with Crippen LogP contribution < -0.4 is 5.73 Å². The van der Waals surface area contributed by atoms with Gasteiger partial charge in [-0.2, -0.15) is 0 Å². The molecule has 16 heavy (non-hydrogen) atoms. The van der Waals surface area contributed by atoms with Crippen LogP contribution in [0.2, 0.25) is 0 Å². The summed E-state index contributed by atoms with van der Waals surface area (Å²) in [6.45, 7) is 8.02. The summed E-state index contributed by atoms with van der Waals surface area (Å²) in [6, 6.07) is 0. The molecule has 1 unspecified atom stereocenters. The van der Waals surface area contributed by atoms with E-state index in [1.54, 1.807) is 0 Å². The first-order chi connectivity index (χ1) is 7.50. The monoisotopic (exact) mass is 223 g/mol. The van der Waals surface area contributed by atoms with Gasteiger partial charge in [-0.15, -0.1) is 0 Å². The average Bonchev–Trinajstić information content (AvgIpc) is 2.61. The average molecular weight is 223 g/mol. The summed E-state index contributed by atoms with van der Waals surface area (Å²) in [5, 5.41) is 0. The Morgan fingerprint density at radius 1 is 1.50 bits per heavy atom. The molecule has 1 atom stereocenters. The van der Waals surface area contributed by atoms with Gasteiger partial charge in [-0.05, 0) is 33.6 Å². The Balaban J connectivity index is 2.25. The summed E-state index contributed by atoms with van der Waals surface area (Å²) < 4.78 is 7.52. The van der Waals surface area contributed by atoms with E-state index in [9.17, 15) is 0 Å². The van der Waals surface area contributed by atoms with Crippen LogP contribution in [-0.4, -0.2) is 22.8 Å². The molecule has 1 aliphatic heterocycles. The fraction of sp³-hybridized carbons (Fsp3) is 0.750. The third kappa shape index (κ3) is 2.07. The normalized spacial score (nSPS) is 22.3. The van der Waals surface area contributed by atoms with Crippen molar-refractivity contribution < 1.29 is 4.74 Å². The summed E-state index contributed by atoms with van der Waals surface area (Å²) in [5.41, 5.74) is 7.17. The van der Waals surface area contributed by atoms with E-state index in [-0.39, 0.29) is 5.54 Å². The fourth-order valence-electron chi connectivity index (χ4n) is 2.18. The number of imidazole rings is 1. The Labute approximate surface area is 96.8 Å². The Morgan fingerprint density at radius 2 is 2.25 bits per heavy atom. The lowest BCUT2D eigenvalue weighted by atomic mass is 9.98. The Morgan fingerprint density at radius 3 is 2.75 bits per heavy atom. The smallest absolute Gasteiger partial charge is 0.127 e. The lowest BCUT2D eigenvalue weighted by Gasteiger charge is -2.24. The van der Waals surface area contributed by atoms with Crippen LogP contribution in [0.5, 0.6) is 0 Å². The van der Waals surface area contributed by atoms with Gasteiger partial charge in [-0.1, -0.05) is 0 Å². The number of hydrogen-bond donors (Lipinski definition) is 1. The summed E-state index contributed by atoms with van der Waals surface area (Å²) in [6.07, 6.45) is 4.08. The van der Waals surface area contributed by atoms with Gasteiger partial charge in [0.05, 0.1) is 18.6 Å². The highest BCUT2D eigenvalue weighted by Crippen LogP contribution is 2.30. The van der Waals surface area contributed by atoms with Crippen LogP contribution in [-0.2, 0) is 10.3 Å². The lowest BCUT2D eigenvalue weighted by molar-refractivity contribution is 0.0796. The molecule has 0 spiro atoms. The van der Waals surface area contributed by atoms with E-state index < -0.39 is 0 Å². The number of aromatic nitrogens is 2. The molecule has 0 saturated carbocycles. The van der Waals surface area contributed by atoms with Crippen LogP contribution in [0.3, 0.4) is 0 Å². The maximum absolute atomic E-state index is 6.17. The number of rotatable bonds is 1. The predicted molar refractivity (Wildman–Crippen MR) is 64.4 cm³/mol. The van der Waals surface area contributed by atoms with E-state index in [4.69, 9.17) is 10.5 Å². The van der Waals surface area contributed by atoms with Gasteiger partial charge in [-0.25, -0.2) is 4.98 Å². The minimum Gasteiger partial charge on any atom is -0.384 e. The molecule has 4 nitrogen and oxygen atoms in total. The molecule has 2 heterocycles. The zero-order valence-electron chi connectivity index (χ0n) is 10.4. The number of ether oxygens (including phenoxy) is 1. The van der Waals surface area contributed by atoms with E-state index in [1.807, 2.05) is 10.9 Å². The molecule has 0 aliphatic carbocycles. The van der Waals surface area contributed by atoms with Gasteiger partial charge in [-0.3, -0.25) is 0 Å². The summed E-state index contributed by atoms with van der Waals surface area (Å²) >= 11 is 0. The van der Waals surface area contributed by atoms with Crippen molar-refractivity contribution in [3.8, 4) is 0 Å². The molecule has 0 bridgehead atoms. The number of nitrogen functional groups attached to an aromatic ring is 1. The highest BCUT2D eigenvalue weighted by Gasteiger charge is 2.25. The van der Waals surface area contributed by atoms with E-state index in [2.05, 4.69) is 25.8 Å². The van der Waals surface area contributed by atoms with Gasteiger partial charge in [0.2, 0.25) is 0 Å². The maximum Gasteiger partial charge on any atom is 0.127 e. The molecular weight excluding hydrogens is 202 g/mol.